The fraction of sp³-hybridized carbons (Fsp3) is 0.364. The van der Waals surface area contributed by atoms with Crippen LogP contribution in [0.5, 0.6) is 5.75 Å². The summed E-state index contributed by atoms with van der Waals surface area (Å²) in [6, 6.07) is 16.3. The lowest BCUT2D eigenvalue weighted by Crippen LogP contribution is -2.53. The van der Waals surface area contributed by atoms with Gasteiger partial charge in [0, 0.05) is 16.6 Å². The fourth-order valence-corrected chi connectivity index (χ4v) is 2.86. The molecule has 0 aromatic heterocycles. The van der Waals surface area contributed by atoms with Crippen LogP contribution in [-0.2, 0) is 16.1 Å². The van der Waals surface area contributed by atoms with Crippen LogP contribution in [0.4, 0.5) is 0 Å². The maximum atomic E-state index is 12.9. The number of ether oxygens (including phenoxy) is 1. The molecule has 0 saturated heterocycles. The molecule has 2 aromatic carbocycles. The first-order valence-electron chi connectivity index (χ1n) is 9.19. The molecule has 0 fully saturated rings. The van der Waals surface area contributed by atoms with Gasteiger partial charge in [0.05, 0.1) is 0 Å². The summed E-state index contributed by atoms with van der Waals surface area (Å²) in [5, 5.41) is 2.94. The van der Waals surface area contributed by atoms with Crippen molar-refractivity contribution in [1.29, 1.82) is 0 Å². The zero-order valence-corrected chi connectivity index (χ0v) is 18.3. The van der Waals surface area contributed by atoms with Crippen molar-refractivity contribution in [2.24, 2.45) is 0 Å². The van der Waals surface area contributed by atoms with Gasteiger partial charge in [-0.15, -0.1) is 0 Å². The highest BCUT2D eigenvalue weighted by Gasteiger charge is 2.28. The molecule has 1 atom stereocenters. The van der Waals surface area contributed by atoms with Crippen molar-refractivity contribution in [2.45, 2.75) is 45.8 Å². The van der Waals surface area contributed by atoms with Crippen LogP contribution in [-0.4, -0.2) is 34.9 Å². The first-order chi connectivity index (χ1) is 13.2. The van der Waals surface area contributed by atoms with E-state index in [1.54, 1.807) is 24.0 Å². The van der Waals surface area contributed by atoms with Crippen LogP contribution in [0.25, 0.3) is 0 Å². The van der Waals surface area contributed by atoms with Crippen molar-refractivity contribution < 1.29 is 14.3 Å². The van der Waals surface area contributed by atoms with Crippen LogP contribution in [0.15, 0.2) is 59.1 Å². The van der Waals surface area contributed by atoms with Gasteiger partial charge in [0.2, 0.25) is 5.91 Å². The normalized spacial score (nSPS) is 12.2. The van der Waals surface area contributed by atoms with Gasteiger partial charge in [-0.05, 0) is 57.5 Å². The van der Waals surface area contributed by atoms with Crippen molar-refractivity contribution in [2.75, 3.05) is 6.61 Å². The third-order valence-electron chi connectivity index (χ3n) is 4.04. The van der Waals surface area contributed by atoms with Crippen molar-refractivity contribution in [3.8, 4) is 5.75 Å². The predicted octanol–water partition coefficient (Wildman–Crippen LogP) is 4.16. The smallest absolute Gasteiger partial charge is 0.261 e. The number of hydrogen-bond acceptors (Lipinski definition) is 3. The molecule has 0 bridgehead atoms. The van der Waals surface area contributed by atoms with E-state index in [0.29, 0.717) is 12.3 Å². The van der Waals surface area contributed by atoms with Crippen molar-refractivity contribution >= 4 is 27.7 Å². The van der Waals surface area contributed by atoms with Gasteiger partial charge in [-0.1, -0.05) is 46.3 Å². The SMILES string of the molecule is C[C@H](C(=O)NC(C)(C)C)N(Cc1ccccc1)C(=O)COc1ccc(Br)cc1. The Labute approximate surface area is 175 Å². The van der Waals surface area contributed by atoms with Gasteiger partial charge >= 0.3 is 0 Å². The molecule has 5 nitrogen and oxygen atoms in total. The first kappa shape index (κ1) is 22.0. The molecule has 2 aromatic rings. The Kier molecular flexibility index (Phi) is 7.63. The summed E-state index contributed by atoms with van der Waals surface area (Å²) in [7, 11) is 0. The van der Waals surface area contributed by atoms with E-state index in [0.717, 1.165) is 10.0 Å². The number of nitrogens with one attached hydrogen (secondary N) is 1. The molecule has 0 spiro atoms. The monoisotopic (exact) mass is 446 g/mol. The molecule has 150 valence electrons. The molecule has 28 heavy (non-hydrogen) atoms. The van der Waals surface area contributed by atoms with Gasteiger partial charge in [0.25, 0.3) is 5.91 Å². The number of halogens is 1. The number of benzene rings is 2. The van der Waals surface area contributed by atoms with E-state index in [2.05, 4.69) is 21.2 Å². The Hall–Kier alpha value is -2.34. The standard InChI is InChI=1S/C22H27BrN2O3/c1-16(21(27)24-22(2,3)4)25(14-17-8-6-5-7-9-17)20(26)15-28-19-12-10-18(23)11-13-19/h5-13,16H,14-15H2,1-4H3,(H,24,27)/t16-/m1/s1. The lowest BCUT2D eigenvalue weighted by molar-refractivity contribution is -0.142. The summed E-state index contributed by atoms with van der Waals surface area (Å²) in [5.74, 6) is 0.159. The lowest BCUT2D eigenvalue weighted by atomic mass is 10.1. The Morgan fingerprint density at radius 2 is 1.68 bits per heavy atom. The zero-order valence-electron chi connectivity index (χ0n) is 16.7. The molecule has 1 N–H and O–H groups in total. The van der Waals surface area contributed by atoms with Gasteiger partial charge in [-0.3, -0.25) is 9.59 Å². The van der Waals surface area contributed by atoms with Gasteiger partial charge in [-0.25, -0.2) is 0 Å². The van der Waals surface area contributed by atoms with Gasteiger partial charge in [-0.2, -0.15) is 0 Å². The van der Waals surface area contributed by atoms with E-state index in [1.165, 1.54) is 0 Å². The van der Waals surface area contributed by atoms with Crippen LogP contribution in [0.3, 0.4) is 0 Å². The Balaban J connectivity index is 2.12. The second kappa shape index (κ2) is 9.73. The number of carbonyl (C=O) groups excluding carboxylic acids is 2. The summed E-state index contributed by atoms with van der Waals surface area (Å²) in [6.07, 6.45) is 0. The van der Waals surface area contributed by atoms with E-state index in [1.807, 2.05) is 63.2 Å². The Morgan fingerprint density at radius 1 is 1.07 bits per heavy atom. The fourth-order valence-electron chi connectivity index (χ4n) is 2.60. The molecule has 6 heteroatoms. The van der Waals surface area contributed by atoms with Gasteiger partial charge in [0.1, 0.15) is 11.8 Å². The van der Waals surface area contributed by atoms with Crippen LogP contribution < -0.4 is 10.1 Å². The second-order valence-electron chi connectivity index (χ2n) is 7.67. The maximum Gasteiger partial charge on any atom is 0.261 e. The lowest BCUT2D eigenvalue weighted by Gasteiger charge is -2.31. The van der Waals surface area contributed by atoms with Crippen LogP contribution in [0, 0.1) is 0 Å². The number of hydrogen-bond donors (Lipinski definition) is 1. The molecule has 0 heterocycles. The summed E-state index contributed by atoms with van der Waals surface area (Å²) in [6.45, 7) is 7.68. The van der Waals surface area contributed by atoms with E-state index in [4.69, 9.17) is 4.74 Å². The molecule has 2 rings (SSSR count). The van der Waals surface area contributed by atoms with Gasteiger partial charge in [0.15, 0.2) is 6.61 Å². The topological polar surface area (TPSA) is 58.6 Å². The molecular formula is C22H27BrN2O3. The summed E-state index contributed by atoms with van der Waals surface area (Å²) in [4.78, 5) is 27.1. The molecular weight excluding hydrogens is 420 g/mol. The van der Waals surface area contributed by atoms with Crippen LogP contribution in [0.1, 0.15) is 33.3 Å². The minimum absolute atomic E-state index is 0.137. The Morgan fingerprint density at radius 3 is 2.25 bits per heavy atom. The molecule has 0 aliphatic carbocycles. The molecule has 0 saturated carbocycles. The van der Waals surface area contributed by atoms with Crippen LogP contribution >= 0.6 is 15.9 Å². The molecule has 0 aliphatic heterocycles. The molecule has 0 aliphatic rings. The highest BCUT2D eigenvalue weighted by molar-refractivity contribution is 9.10. The third kappa shape index (κ3) is 7.00. The van der Waals surface area contributed by atoms with E-state index < -0.39 is 6.04 Å². The molecule has 2 amide bonds. The van der Waals surface area contributed by atoms with Crippen molar-refractivity contribution in [3.63, 3.8) is 0 Å². The maximum absolute atomic E-state index is 12.9. The van der Waals surface area contributed by atoms with Crippen molar-refractivity contribution in [1.82, 2.24) is 10.2 Å². The van der Waals surface area contributed by atoms with E-state index in [9.17, 15) is 9.59 Å². The number of amides is 2. The average Bonchev–Trinajstić information content (AvgIpc) is 2.64. The third-order valence-corrected chi connectivity index (χ3v) is 4.57. The van der Waals surface area contributed by atoms with E-state index >= 15 is 0 Å². The van der Waals surface area contributed by atoms with Crippen LogP contribution in [0.2, 0.25) is 0 Å². The molecule has 0 radical (unpaired) electrons. The minimum Gasteiger partial charge on any atom is -0.484 e. The summed E-state index contributed by atoms with van der Waals surface area (Å²) in [5.41, 5.74) is 0.579. The summed E-state index contributed by atoms with van der Waals surface area (Å²) >= 11 is 3.37. The second-order valence-corrected chi connectivity index (χ2v) is 8.58. The highest BCUT2D eigenvalue weighted by Crippen LogP contribution is 2.17. The first-order valence-corrected chi connectivity index (χ1v) is 9.99. The van der Waals surface area contributed by atoms with Gasteiger partial charge < -0.3 is 15.0 Å². The summed E-state index contributed by atoms with van der Waals surface area (Å²) < 4.78 is 6.56. The van der Waals surface area contributed by atoms with Crippen molar-refractivity contribution in [3.05, 3.63) is 64.6 Å². The average molecular weight is 447 g/mol. The van der Waals surface area contributed by atoms with E-state index in [-0.39, 0.29) is 24.0 Å². The molecule has 0 unspecified atom stereocenters. The quantitative estimate of drug-likeness (QED) is 0.694. The minimum atomic E-state index is -0.625. The highest BCUT2D eigenvalue weighted by atomic mass is 79.9. The number of carbonyl (C=O) groups is 2. The zero-order chi connectivity index (χ0) is 20.7. The Bertz CT molecular complexity index is 786. The number of nitrogens with zero attached hydrogens (tertiary/aromatic N) is 1. The predicted molar refractivity (Wildman–Crippen MR) is 114 cm³/mol. The largest absolute Gasteiger partial charge is 0.484 e. The number of rotatable bonds is 7.